The Morgan fingerprint density at radius 1 is 1.50 bits per heavy atom. The molecule has 5 heteroatoms. The highest BCUT2D eigenvalue weighted by Gasteiger charge is 2.16. The second kappa shape index (κ2) is 6.20. The fraction of sp³-hybridized carbons (Fsp3) is 0.462. The molecule has 1 aliphatic heterocycles. The molecule has 0 aromatic heterocycles. The Morgan fingerprint density at radius 2 is 2.33 bits per heavy atom. The van der Waals surface area contributed by atoms with Crippen molar-refractivity contribution in [2.75, 3.05) is 13.2 Å². The number of halogens is 1. The smallest absolute Gasteiger partial charge is 0.217 e. The maximum Gasteiger partial charge on any atom is 0.217 e. The second-order valence-electron chi connectivity index (χ2n) is 4.40. The minimum atomic E-state index is -0.247. The lowest BCUT2D eigenvalue weighted by atomic mass is 10.1. The van der Waals surface area contributed by atoms with Gasteiger partial charge >= 0.3 is 0 Å². The predicted octanol–water partition coefficient (Wildman–Crippen LogP) is 1.74. The van der Waals surface area contributed by atoms with E-state index in [1.54, 1.807) is 0 Å². The molecular weight excluding hydrogens is 296 g/mol. The summed E-state index contributed by atoms with van der Waals surface area (Å²) in [6.45, 7) is 2.30. The minimum absolute atomic E-state index is 0.247. The topological polar surface area (TPSA) is 64.4 Å². The van der Waals surface area contributed by atoms with Crippen LogP contribution >= 0.6 is 15.9 Å². The maximum absolute atomic E-state index is 10.6. The molecule has 1 aromatic carbocycles. The molecule has 3 N–H and O–H groups in total. The molecule has 0 atom stereocenters. The monoisotopic (exact) mass is 312 g/mol. The second-order valence-corrected chi connectivity index (χ2v) is 5.31. The Balaban J connectivity index is 1.88. The van der Waals surface area contributed by atoms with Gasteiger partial charge in [-0.3, -0.25) is 4.79 Å². The summed E-state index contributed by atoms with van der Waals surface area (Å²) < 4.78 is 6.73. The van der Waals surface area contributed by atoms with E-state index in [1.165, 1.54) is 5.56 Å². The molecule has 1 amide bonds. The van der Waals surface area contributed by atoms with E-state index in [0.29, 0.717) is 6.42 Å². The Labute approximate surface area is 115 Å². The van der Waals surface area contributed by atoms with Gasteiger partial charge in [-0.25, -0.2) is 0 Å². The van der Waals surface area contributed by atoms with Crippen molar-refractivity contribution in [2.24, 2.45) is 5.73 Å². The summed E-state index contributed by atoms with van der Waals surface area (Å²) in [6, 6.07) is 4.18. The highest BCUT2D eigenvalue weighted by molar-refractivity contribution is 9.10. The molecule has 1 heterocycles. The zero-order valence-corrected chi connectivity index (χ0v) is 11.8. The van der Waals surface area contributed by atoms with Crippen LogP contribution in [0.25, 0.3) is 0 Å². The molecule has 0 unspecified atom stereocenters. The number of hydrogen-bond acceptors (Lipinski definition) is 3. The third-order valence-corrected chi connectivity index (χ3v) is 3.38. The van der Waals surface area contributed by atoms with Gasteiger partial charge < -0.3 is 15.8 Å². The summed E-state index contributed by atoms with van der Waals surface area (Å²) in [5.74, 6) is 0.768. The zero-order valence-electron chi connectivity index (χ0n) is 10.2. The molecule has 18 heavy (non-hydrogen) atoms. The molecule has 0 fully saturated rings. The number of carbonyl (C=O) groups is 1. The van der Waals surface area contributed by atoms with Crippen LogP contribution in [-0.4, -0.2) is 19.1 Å². The third kappa shape index (κ3) is 3.46. The first kappa shape index (κ1) is 13.4. The minimum Gasteiger partial charge on any atom is -0.493 e. The van der Waals surface area contributed by atoms with Crippen LogP contribution in [0.5, 0.6) is 5.75 Å². The Hall–Kier alpha value is -1.07. The first-order chi connectivity index (χ1) is 8.66. The van der Waals surface area contributed by atoms with E-state index in [4.69, 9.17) is 10.5 Å². The first-order valence-electron chi connectivity index (χ1n) is 6.10. The number of rotatable bonds is 6. The molecular formula is C13H17BrN2O2. The molecule has 0 saturated carbocycles. The summed E-state index contributed by atoms with van der Waals surface area (Å²) >= 11 is 3.51. The molecule has 1 aliphatic rings. The van der Waals surface area contributed by atoms with Crippen LogP contribution < -0.4 is 15.8 Å². The van der Waals surface area contributed by atoms with Gasteiger partial charge in [-0.15, -0.1) is 0 Å². The molecule has 4 nitrogen and oxygen atoms in total. The van der Waals surface area contributed by atoms with E-state index in [0.717, 1.165) is 48.3 Å². The number of benzene rings is 1. The normalized spacial score (nSPS) is 13.2. The standard InChI is InChI=1S/C13H17BrN2O2/c14-11-6-9-3-5-18-13(9)10(7-11)8-16-4-1-2-12(15)17/h6-7,16H,1-5,8H2,(H2,15,17). The van der Waals surface area contributed by atoms with Gasteiger partial charge in [-0.1, -0.05) is 15.9 Å². The van der Waals surface area contributed by atoms with Crippen LogP contribution in [0.4, 0.5) is 0 Å². The van der Waals surface area contributed by atoms with Crippen molar-refractivity contribution in [3.8, 4) is 5.75 Å². The summed E-state index contributed by atoms with van der Waals surface area (Å²) in [5, 5.41) is 3.31. The van der Waals surface area contributed by atoms with Gasteiger partial charge in [0.2, 0.25) is 5.91 Å². The number of nitrogens with two attached hydrogens (primary N) is 1. The molecule has 0 radical (unpaired) electrons. The van der Waals surface area contributed by atoms with Crippen LogP contribution in [0.2, 0.25) is 0 Å². The Kier molecular flexibility index (Phi) is 4.60. The van der Waals surface area contributed by atoms with Gasteiger partial charge in [-0.2, -0.15) is 0 Å². The fourth-order valence-corrected chi connectivity index (χ4v) is 2.64. The number of amides is 1. The van der Waals surface area contributed by atoms with E-state index in [1.807, 2.05) is 0 Å². The summed E-state index contributed by atoms with van der Waals surface area (Å²) in [4.78, 5) is 10.6. The van der Waals surface area contributed by atoms with Crippen molar-refractivity contribution < 1.29 is 9.53 Å². The lowest BCUT2D eigenvalue weighted by Gasteiger charge is -2.10. The lowest BCUT2D eigenvalue weighted by molar-refractivity contribution is -0.118. The number of nitrogens with one attached hydrogen (secondary N) is 1. The van der Waals surface area contributed by atoms with E-state index in [9.17, 15) is 4.79 Å². The quantitative estimate of drug-likeness (QED) is 0.786. The van der Waals surface area contributed by atoms with Crippen molar-refractivity contribution in [3.05, 3.63) is 27.7 Å². The Morgan fingerprint density at radius 3 is 3.11 bits per heavy atom. The highest BCUT2D eigenvalue weighted by atomic mass is 79.9. The van der Waals surface area contributed by atoms with Crippen molar-refractivity contribution in [2.45, 2.75) is 25.8 Å². The van der Waals surface area contributed by atoms with Gasteiger partial charge in [0.25, 0.3) is 0 Å². The summed E-state index contributed by atoms with van der Waals surface area (Å²) in [5.41, 5.74) is 7.51. The van der Waals surface area contributed by atoms with Gasteiger partial charge in [0, 0.05) is 29.4 Å². The van der Waals surface area contributed by atoms with E-state index in [2.05, 4.69) is 33.4 Å². The van der Waals surface area contributed by atoms with E-state index < -0.39 is 0 Å². The number of carbonyl (C=O) groups excluding carboxylic acids is 1. The average Bonchev–Trinajstić information content (AvgIpc) is 2.75. The van der Waals surface area contributed by atoms with Crippen molar-refractivity contribution >= 4 is 21.8 Å². The lowest BCUT2D eigenvalue weighted by Crippen LogP contribution is -2.18. The van der Waals surface area contributed by atoms with Crippen LogP contribution in [0, 0.1) is 0 Å². The molecule has 98 valence electrons. The third-order valence-electron chi connectivity index (χ3n) is 2.92. The predicted molar refractivity (Wildman–Crippen MR) is 73.5 cm³/mol. The van der Waals surface area contributed by atoms with Crippen LogP contribution in [-0.2, 0) is 17.8 Å². The maximum atomic E-state index is 10.6. The average molecular weight is 313 g/mol. The van der Waals surface area contributed by atoms with E-state index in [-0.39, 0.29) is 5.91 Å². The molecule has 1 aromatic rings. The summed E-state index contributed by atoms with van der Waals surface area (Å²) in [7, 11) is 0. The highest BCUT2D eigenvalue weighted by Crippen LogP contribution is 2.32. The van der Waals surface area contributed by atoms with Gasteiger partial charge in [0.05, 0.1) is 6.61 Å². The van der Waals surface area contributed by atoms with Crippen molar-refractivity contribution in [3.63, 3.8) is 0 Å². The zero-order chi connectivity index (χ0) is 13.0. The van der Waals surface area contributed by atoms with E-state index >= 15 is 0 Å². The van der Waals surface area contributed by atoms with Gasteiger partial charge in [0.15, 0.2) is 0 Å². The molecule has 0 spiro atoms. The molecule has 2 rings (SSSR count). The van der Waals surface area contributed by atoms with Crippen LogP contribution in [0.1, 0.15) is 24.0 Å². The van der Waals surface area contributed by atoms with Gasteiger partial charge in [0.1, 0.15) is 5.75 Å². The largest absolute Gasteiger partial charge is 0.493 e. The van der Waals surface area contributed by atoms with Crippen molar-refractivity contribution in [1.82, 2.24) is 5.32 Å². The summed E-state index contributed by atoms with van der Waals surface area (Å²) in [6.07, 6.45) is 2.18. The number of fused-ring (bicyclic) bond motifs is 1. The molecule has 0 saturated heterocycles. The van der Waals surface area contributed by atoms with Crippen LogP contribution in [0.15, 0.2) is 16.6 Å². The van der Waals surface area contributed by atoms with Gasteiger partial charge in [-0.05, 0) is 30.7 Å². The van der Waals surface area contributed by atoms with Crippen LogP contribution in [0.3, 0.4) is 0 Å². The molecule has 0 bridgehead atoms. The Bertz CT molecular complexity index is 449. The molecule has 0 aliphatic carbocycles. The number of hydrogen-bond donors (Lipinski definition) is 2. The number of ether oxygens (including phenoxy) is 1. The van der Waals surface area contributed by atoms with Crippen molar-refractivity contribution in [1.29, 1.82) is 0 Å². The first-order valence-corrected chi connectivity index (χ1v) is 6.89. The SMILES string of the molecule is NC(=O)CCCNCc1cc(Br)cc2c1OCC2. The fourth-order valence-electron chi connectivity index (χ4n) is 2.09. The number of primary amides is 1.